The number of Topliss-reactive ketones (excluding diaryl/α,β-unsaturated/α-hetero) is 1. The van der Waals surface area contributed by atoms with Crippen LogP contribution in [0.1, 0.15) is 92.9 Å². The fourth-order valence-electron chi connectivity index (χ4n) is 8.47. The highest BCUT2D eigenvalue weighted by atomic mass is 32.2. The predicted octanol–water partition coefficient (Wildman–Crippen LogP) is 6.61. The molecular weight excluding hydrogens is 743 g/mol. The van der Waals surface area contributed by atoms with Crippen LogP contribution in [0.25, 0.3) is 0 Å². The summed E-state index contributed by atoms with van der Waals surface area (Å²) in [6.45, 7) is -0.0673. The fourth-order valence-corrected chi connectivity index (χ4v) is 9.86. The monoisotopic (exact) mass is 787 g/mol. The average molecular weight is 788 g/mol. The van der Waals surface area contributed by atoms with Crippen molar-refractivity contribution in [3.05, 3.63) is 82.7 Å². The number of amides is 3. The van der Waals surface area contributed by atoms with Crippen LogP contribution in [0.2, 0.25) is 0 Å². The average Bonchev–Trinajstić information content (AvgIpc) is 4.02. The summed E-state index contributed by atoms with van der Waals surface area (Å²) in [5, 5.41) is -0.656. The molecule has 1 saturated heterocycles. The summed E-state index contributed by atoms with van der Waals surface area (Å²) in [7, 11) is -3.91. The molecule has 0 bridgehead atoms. The van der Waals surface area contributed by atoms with Gasteiger partial charge in [-0.3, -0.25) is 24.0 Å². The van der Waals surface area contributed by atoms with Crippen molar-refractivity contribution < 1.29 is 49.9 Å². The van der Waals surface area contributed by atoms with Gasteiger partial charge in [-0.15, -0.1) is 0 Å². The number of benzene rings is 2. The lowest BCUT2D eigenvalue weighted by atomic mass is 9.89. The SMILES string of the molecule is O=C1C[C@]2(C(=O)NS(=O)(=O)C3CC3)C[C@H]2/C=C\CCCCC[C@H](CCc2ccccc2C(F)(F)F)C(=O)N2C[C@H](OC(=O)N3Cc4cccc(F)c4C3)C[C@@H]12. The highest BCUT2D eigenvalue weighted by Gasteiger charge is 2.61. The van der Waals surface area contributed by atoms with Gasteiger partial charge in [0.25, 0.3) is 0 Å². The highest BCUT2D eigenvalue weighted by Crippen LogP contribution is 2.57. The lowest BCUT2D eigenvalue weighted by Crippen LogP contribution is -2.46. The Morgan fingerprint density at radius 1 is 0.982 bits per heavy atom. The molecule has 0 aromatic heterocycles. The predicted molar refractivity (Wildman–Crippen MR) is 192 cm³/mol. The number of hydrogen-bond acceptors (Lipinski definition) is 7. The first-order chi connectivity index (χ1) is 26.2. The second-order valence-electron chi connectivity index (χ2n) is 15.7. The Morgan fingerprint density at radius 2 is 1.76 bits per heavy atom. The van der Waals surface area contributed by atoms with Crippen LogP contribution in [0.5, 0.6) is 0 Å². The van der Waals surface area contributed by atoms with E-state index in [1.165, 1.54) is 34.1 Å². The van der Waals surface area contributed by atoms with Crippen molar-refractivity contribution in [2.75, 3.05) is 6.54 Å². The number of ether oxygens (including phenoxy) is 1. The second-order valence-corrected chi connectivity index (χ2v) is 17.7. The number of rotatable bonds is 7. The van der Waals surface area contributed by atoms with Gasteiger partial charge < -0.3 is 9.64 Å². The van der Waals surface area contributed by atoms with E-state index in [2.05, 4.69) is 4.72 Å². The van der Waals surface area contributed by atoms with Gasteiger partial charge in [-0.1, -0.05) is 55.3 Å². The van der Waals surface area contributed by atoms with Gasteiger partial charge in [-0.05, 0) is 80.5 Å². The smallest absolute Gasteiger partial charge is 0.416 e. The summed E-state index contributed by atoms with van der Waals surface area (Å²) >= 11 is 0. The van der Waals surface area contributed by atoms with E-state index < -0.39 is 85.9 Å². The molecule has 15 heteroatoms. The van der Waals surface area contributed by atoms with E-state index in [1.54, 1.807) is 12.1 Å². The third kappa shape index (κ3) is 8.46. The van der Waals surface area contributed by atoms with Crippen molar-refractivity contribution in [3.63, 3.8) is 0 Å². The molecule has 2 aromatic carbocycles. The standard InChI is InChI=1S/C40H45F4N3O7S/c41-33-14-8-11-27-22-46(24-31(27)33)38(51)54-29-19-34-35(48)21-39(37(50)45-55(52,53)30-17-18-30)20-28(39)12-5-3-1-2-4-10-26(36(49)47(34)23-29)16-15-25-9-6-7-13-32(25)40(42,43)44/h5-9,11-14,26,28-30,34H,1-4,10,15-24H2,(H,45,50)/b12-5-/t26-,28-,29-,34+,39-/m1/s1. The van der Waals surface area contributed by atoms with Crippen molar-refractivity contribution >= 4 is 33.7 Å². The van der Waals surface area contributed by atoms with Crippen molar-refractivity contribution in [3.8, 4) is 0 Å². The Kier molecular flexibility index (Phi) is 10.9. The van der Waals surface area contributed by atoms with Gasteiger partial charge in [0.15, 0.2) is 5.78 Å². The van der Waals surface area contributed by atoms with Gasteiger partial charge in [0.1, 0.15) is 11.9 Å². The molecule has 3 fully saturated rings. The number of sulfonamides is 1. The lowest BCUT2D eigenvalue weighted by molar-refractivity contribution is -0.142. The highest BCUT2D eigenvalue weighted by molar-refractivity contribution is 7.90. The minimum atomic E-state index is -4.58. The summed E-state index contributed by atoms with van der Waals surface area (Å²) in [4.78, 5) is 58.7. The zero-order chi connectivity index (χ0) is 39.1. The Morgan fingerprint density at radius 3 is 2.51 bits per heavy atom. The number of carbonyl (C=O) groups excluding carboxylic acids is 4. The van der Waals surface area contributed by atoms with E-state index in [0.29, 0.717) is 43.2 Å². The van der Waals surface area contributed by atoms with Crippen LogP contribution < -0.4 is 4.72 Å². The zero-order valence-electron chi connectivity index (χ0n) is 30.4. The number of ketones is 1. The lowest BCUT2D eigenvalue weighted by Gasteiger charge is -2.29. The third-order valence-corrected chi connectivity index (χ3v) is 13.7. The Bertz CT molecular complexity index is 1980. The van der Waals surface area contributed by atoms with E-state index >= 15 is 0 Å². The molecular formula is C40H45F4N3O7S. The first-order valence-corrected chi connectivity index (χ1v) is 20.6. The van der Waals surface area contributed by atoms with Crippen LogP contribution in [0.3, 0.4) is 0 Å². The van der Waals surface area contributed by atoms with Crippen molar-refractivity contribution in [2.45, 2.75) is 114 Å². The van der Waals surface area contributed by atoms with Gasteiger partial charge in [-0.2, -0.15) is 13.2 Å². The summed E-state index contributed by atoms with van der Waals surface area (Å²) in [6, 6.07) is 8.67. The summed E-state index contributed by atoms with van der Waals surface area (Å²) < 4.78 is 89.8. The first-order valence-electron chi connectivity index (χ1n) is 19.1. The van der Waals surface area contributed by atoms with Gasteiger partial charge in [-0.25, -0.2) is 17.6 Å². The normalized spacial score (nSPS) is 28.0. The molecule has 7 rings (SSSR count). The number of carbonyl (C=O) groups is 4. The van der Waals surface area contributed by atoms with Crippen LogP contribution in [-0.4, -0.2) is 65.8 Å². The number of allylic oxidation sites excluding steroid dienone is 2. The van der Waals surface area contributed by atoms with Crippen LogP contribution in [0.15, 0.2) is 54.6 Å². The number of nitrogens with zero attached hydrogens (tertiary/aromatic N) is 2. The van der Waals surface area contributed by atoms with Crippen molar-refractivity contribution in [1.29, 1.82) is 0 Å². The van der Waals surface area contributed by atoms with Crippen molar-refractivity contribution in [1.82, 2.24) is 14.5 Å². The molecule has 2 saturated carbocycles. The van der Waals surface area contributed by atoms with E-state index in [9.17, 15) is 45.2 Å². The second kappa shape index (κ2) is 15.3. The molecule has 3 aliphatic heterocycles. The number of halogens is 4. The summed E-state index contributed by atoms with van der Waals surface area (Å²) in [5.41, 5.74) is -1.05. The number of fused-ring (bicyclic) bond motifs is 3. The quantitative estimate of drug-likeness (QED) is 0.247. The molecule has 2 aliphatic carbocycles. The van der Waals surface area contributed by atoms with Crippen LogP contribution >= 0.6 is 0 Å². The molecule has 0 radical (unpaired) electrons. The maximum atomic E-state index is 14.6. The number of aryl methyl sites for hydroxylation is 1. The van der Waals surface area contributed by atoms with Gasteiger partial charge in [0.05, 0.1) is 35.4 Å². The van der Waals surface area contributed by atoms with E-state index in [4.69, 9.17) is 4.74 Å². The number of hydrogen-bond donors (Lipinski definition) is 1. The Labute approximate surface area is 317 Å². The number of alkyl halides is 3. The zero-order valence-corrected chi connectivity index (χ0v) is 31.2. The van der Waals surface area contributed by atoms with Crippen LogP contribution in [0, 0.1) is 23.1 Å². The van der Waals surface area contributed by atoms with Crippen LogP contribution in [-0.2, 0) is 54.8 Å². The Hall–Kier alpha value is -4.27. The molecule has 3 amide bonds. The van der Waals surface area contributed by atoms with Gasteiger partial charge in [0, 0.05) is 30.9 Å². The molecule has 296 valence electrons. The fraction of sp³-hybridized carbons (Fsp3) is 0.550. The summed E-state index contributed by atoms with van der Waals surface area (Å²) in [5.74, 6) is -3.30. The molecule has 55 heavy (non-hydrogen) atoms. The Balaban J connectivity index is 1.15. The topological polar surface area (TPSA) is 130 Å². The molecule has 1 N–H and O–H groups in total. The third-order valence-electron chi connectivity index (χ3n) is 11.9. The van der Waals surface area contributed by atoms with Gasteiger partial charge in [0.2, 0.25) is 21.8 Å². The maximum absolute atomic E-state index is 14.6. The summed E-state index contributed by atoms with van der Waals surface area (Å²) in [6.07, 6.45) is 1.36. The molecule has 3 heterocycles. The minimum absolute atomic E-state index is 0.0175. The largest absolute Gasteiger partial charge is 0.444 e. The van der Waals surface area contributed by atoms with E-state index in [0.717, 1.165) is 18.9 Å². The molecule has 5 aliphatic rings. The van der Waals surface area contributed by atoms with Crippen molar-refractivity contribution in [2.24, 2.45) is 17.3 Å². The van der Waals surface area contributed by atoms with E-state index in [1.807, 2.05) is 12.2 Å². The molecule has 10 nitrogen and oxygen atoms in total. The molecule has 2 aromatic rings. The number of nitrogens with one attached hydrogen (secondary N) is 1. The molecule has 0 unspecified atom stereocenters. The maximum Gasteiger partial charge on any atom is 0.416 e. The minimum Gasteiger partial charge on any atom is -0.444 e. The van der Waals surface area contributed by atoms with Crippen LogP contribution in [0.4, 0.5) is 22.4 Å². The molecule has 5 atom stereocenters. The van der Waals surface area contributed by atoms with E-state index in [-0.39, 0.29) is 57.3 Å². The first kappa shape index (κ1) is 39.0. The van der Waals surface area contributed by atoms with Gasteiger partial charge >= 0.3 is 12.3 Å². The molecule has 0 spiro atoms.